The second kappa shape index (κ2) is 43.4. The Balaban J connectivity index is 2.34. The molecule has 0 heterocycles. The highest BCUT2D eigenvalue weighted by atomic mass is 31.2. The third kappa shape index (κ3) is 35.4. The minimum atomic E-state index is -5.12. The van der Waals surface area contributed by atoms with Crippen LogP contribution in [0.3, 0.4) is 0 Å². The van der Waals surface area contributed by atoms with Gasteiger partial charge in [0.25, 0.3) is 0 Å². The number of allylic oxidation sites excluding steroid dienone is 2. The zero-order valence-electron chi connectivity index (χ0n) is 42.5. The summed E-state index contributed by atoms with van der Waals surface area (Å²) in [5, 5.41) is 50.3. The second-order valence-corrected chi connectivity index (χ2v) is 20.9. The van der Waals surface area contributed by atoms with Crippen LogP contribution in [0, 0.1) is 0 Å². The molecular weight excluding hydrogens is 876 g/mol. The van der Waals surface area contributed by atoms with Crippen molar-refractivity contribution < 1.29 is 63.1 Å². The van der Waals surface area contributed by atoms with E-state index >= 15 is 0 Å². The molecule has 6 N–H and O–H groups in total. The Bertz CT molecular complexity index is 1220. The summed E-state index contributed by atoms with van der Waals surface area (Å²) in [4.78, 5) is 35.9. The van der Waals surface area contributed by atoms with Gasteiger partial charge in [0.2, 0.25) is 0 Å². The zero-order chi connectivity index (χ0) is 49.2. The van der Waals surface area contributed by atoms with Crippen LogP contribution < -0.4 is 0 Å². The number of carbonyl (C=O) groups excluding carboxylic acids is 2. The van der Waals surface area contributed by atoms with E-state index in [-0.39, 0.29) is 12.8 Å². The number of unbranched alkanes of at least 4 members (excludes halogenated alkanes) is 33. The molecule has 6 unspecified atom stereocenters. The Labute approximate surface area is 407 Å². The lowest BCUT2D eigenvalue weighted by Gasteiger charge is -2.41. The third-order valence-electron chi connectivity index (χ3n) is 13.1. The minimum Gasteiger partial charge on any atom is -0.462 e. The van der Waals surface area contributed by atoms with Crippen molar-refractivity contribution in [2.45, 2.75) is 301 Å². The first-order valence-corrected chi connectivity index (χ1v) is 29.0. The lowest BCUT2D eigenvalue weighted by atomic mass is 9.85. The molecule has 0 saturated heterocycles. The van der Waals surface area contributed by atoms with Gasteiger partial charge in [-0.3, -0.25) is 18.6 Å². The molecule has 0 spiro atoms. The first kappa shape index (κ1) is 63.6. The van der Waals surface area contributed by atoms with E-state index in [4.69, 9.17) is 18.5 Å². The molecule has 1 aliphatic carbocycles. The molecule has 0 aromatic rings. The largest absolute Gasteiger partial charge is 0.472 e. The van der Waals surface area contributed by atoms with Crippen molar-refractivity contribution in [3.63, 3.8) is 0 Å². The second-order valence-electron chi connectivity index (χ2n) is 19.4. The number of aliphatic hydroxyl groups is 5. The predicted molar refractivity (Wildman–Crippen MR) is 267 cm³/mol. The van der Waals surface area contributed by atoms with Crippen LogP contribution in [0.2, 0.25) is 0 Å². The molecule has 1 rings (SSSR count). The first-order valence-electron chi connectivity index (χ1n) is 27.5. The molecule has 0 radical (unpaired) electrons. The normalized spacial score (nSPS) is 21.1. The van der Waals surface area contributed by atoms with Crippen molar-refractivity contribution in [3.05, 3.63) is 12.2 Å². The summed E-state index contributed by atoms with van der Waals surface area (Å²) in [6.07, 6.45) is 35.4. The van der Waals surface area contributed by atoms with Gasteiger partial charge in [-0.05, 0) is 38.5 Å². The van der Waals surface area contributed by atoms with E-state index in [1.54, 1.807) is 0 Å². The fraction of sp³-hybridized carbons (Fsp3) is 0.925. The van der Waals surface area contributed by atoms with Crippen molar-refractivity contribution in [1.82, 2.24) is 0 Å². The fourth-order valence-corrected chi connectivity index (χ4v) is 9.67. The van der Waals surface area contributed by atoms with Gasteiger partial charge in [-0.2, -0.15) is 0 Å². The molecule has 1 aliphatic rings. The van der Waals surface area contributed by atoms with Gasteiger partial charge < -0.3 is 39.9 Å². The molecule has 1 saturated carbocycles. The number of phosphoric acid groups is 1. The Morgan fingerprint density at radius 3 is 1.13 bits per heavy atom. The number of hydrogen-bond donors (Lipinski definition) is 6. The topological polar surface area (TPSA) is 210 Å². The molecule has 0 aromatic heterocycles. The molecule has 14 heteroatoms. The summed E-state index contributed by atoms with van der Waals surface area (Å²) >= 11 is 0. The summed E-state index contributed by atoms with van der Waals surface area (Å²) in [6.45, 7) is 3.35. The number of phosphoric ester groups is 1. The number of rotatable bonds is 47. The van der Waals surface area contributed by atoms with E-state index in [0.717, 1.165) is 51.4 Å². The molecule has 0 bridgehead atoms. The number of esters is 2. The monoisotopic (exact) mass is 977 g/mol. The predicted octanol–water partition coefficient (Wildman–Crippen LogP) is 12.2. The van der Waals surface area contributed by atoms with Gasteiger partial charge in [-0.25, -0.2) is 4.57 Å². The van der Waals surface area contributed by atoms with Crippen molar-refractivity contribution in [2.75, 3.05) is 13.2 Å². The van der Waals surface area contributed by atoms with Crippen molar-refractivity contribution in [2.24, 2.45) is 0 Å². The summed E-state index contributed by atoms with van der Waals surface area (Å²) in [5.41, 5.74) is 0. The fourth-order valence-electron chi connectivity index (χ4n) is 8.70. The number of carbonyl (C=O) groups is 2. The molecule has 396 valence electrons. The van der Waals surface area contributed by atoms with Crippen LogP contribution in [-0.4, -0.2) is 98.3 Å². The quantitative estimate of drug-likeness (QED) is 0.0145. The Kier molecular flexibility index (Phi) is 41.2. The van der Waals surface area contributed by atoms with Gasteiger partial charge >= 0.3 is 19.8 Å². The highest BCUT2D eigenvalue weighted by Crippen LogP contribution is 2.47. The highest BCUT2D eigenvalue weighted by Gasteiger charge is 2.51. The molecule has 13 nitrogen and oxygen atoms in total. The van der Waals surface area contributed by atoms with E-state index in [2.05, 4.69) is 26.0 Å². The van der Waals surface area contributed by atoms with Gasteiger partial charge in [-0.15, -0.1) is 0 Å². The SMILES string of the molecule is CCCCCCCC/C=C/CCCCCCCCCC(=O)O[C@@H](COC(=O)CCCCCCCCCCCCCCCCCCCCCCC)COP(=O)(O)OC1C(O)C(O)C(O)[C@H](O)C1O. The van der Waals surface area contributed by atoms with Crippen molar-refractivity contribution >= 4 is 19.8 Å². The van der Waals surface area contributed by atoms with Crippen LogP contribution in [0.5, 0.6) is 0 Å². The van der Waals surface area contributed by atoms with Gasteiger partial charge in [0.05, 0.1) is 6.61 Å². The van der Waals surface area contributed by atoms with Crippen LogP contribution >= 0.6 is 7.82 Å². The number of ether oxygens (including phenoxy) is 2. The van der Waals surface area contributed by atoms with Gasteiger partial charge in [-0.1, -0.05) is 219 Å². The molecule has 8 atom stereocenters. The Hall–Kier alpha value is -1.41. The highest BCUT2D eigenvalue weighted by molar-refractivity contribution is 7.47. The summed E-state index contributed by atoms with van der Waals surface area (Å²) < 4.78 is 33.7. The van der Waals surface area contributed by atoms with Gasteiger partial charge in [0.1, 0.15) is 43.2 Å². The lowest BCUT2D eigenvalue weighted by Crippen LogP contribution is -2.64. The molecule has 0 amide bonds. The van der Waals surface area contributed by atoms with Crippen LogP contribution in [0.15, 0.2) is 12.2 Å². The minimum absolute atomic E-state index is 0.0964. The van der Waals surface area contributed by atoms with E-state index < -0.39 is 75.7 Å². The maximum Gasteiger partial charge on any atom is 0.472 e. The summed E-state index contributed by atoms with van der Waals surface area (Å²) in [6, 6.07) is 0. The number of hydrogen-bond acceptors (Lipinski definition) is 12. The smallest absolute Gasteiger partial charge is 0.462 e. The van der Waals surface area contributed by atoms with E-state index in [0.29, 0.717) is 12.8 Å². The van der Waals surface area contributed by atoms with Crippen LogP contribution in [0.4, 0.5) is 0 Å². The standard InChI is InChI=1S/C53H101O13P/c1-3-5-7-9-11-13-15-17-19-21-22-23-24-26-27-29-31-33-35-37-39-41-46(54)63-43-45(44-64-67(61,62)66-53-51(59)49(57)48(56)50(58)52(53)60)65-47(55)42-40-38-36-34-32-30-28-25-20-18-16-14-12-10-8-6-4-2/h18,20,45,48-53,56-60H,3-17,19,21-44H2,1-2H3,(H,61,62)/b20-18+/t45-,48?,49-,50?,51?,52?,53?/m0/s1. The van der Waals surface area contributed by atoms with Crippen LogP contribution in [0.25, 0.3) is 0 Å². The first-order chi connectivity index (χ1) is 32.4. The van der Waals surface area contributed by atoms with Gasteiger partial charge in [0.15, 0.2) is 6.10 Å². The van der Waals surface area contributed by atoms with E-state index in [9.17, 15) is 44.6 Å². The van der Waals surface area contributed by atoms with E-state index in [1.165, 1.54) is 167 Å². The molecular formula is C53H101O13P. The zero-order valence-corrected chi connectivity index (χ0v) is 43.4. The molecule has 67 heavy (non-hydrogen) atoms. The maximum atomic E-state index is 12.9. The number of aliphatic hydroxyl groups excluding tert-OH is 5. The average molecular weight is 977 g/mol. The van der Waals surface area contributed by atoms with Crippen LogP contribution in [0.1, 0.15) is 258 Å². The Morgan fingerprint density at radius 2 is 0.761 bits per heavy atom. The van der Waals surface area contributed by atoms with E-state index in [1.807, 2.05) is 0 Å². The molecule has 0 aliphatic heterocycles. The summed E-state index contributed by atoms with van der Waals surface area (Å²) in [5.74, 6) is -1.09. The van der Waals surface area contributed by atoms with Crippen LogP contribution in [-0.2, 0) is 32.7 Å². The van der Waals surface area contributed by atoms with Crippen molar-refractivity contribution in [3.8, 4) is 0 Å². The van der Waals surface area contributed by atoms with Gasteiger partial charge in [0, 0.05) is 12.8 Å². The average Bonchev–Trinajstić information content (AvgIpc) is 3.31. The van der Waals surface area contributed by atoms with Crippen molar-refractivity contribution in [1.29, 1.82) is 0 Å². The molecule has 1 fully saturated rings. The Morgan fingerprint density at radius 1 is 0.448 bits per heavy atom. The third-order valence-corrected chi connectivity index (χ3v) is 14.1. The molecule has 0 aromatic carbocycles. The lowest BCUT2D eigenvalue weighted by molar-refractivity contribution is -0.220. The summed E-state index contributed by atoms with van der Waals surface area (Å²) in [7, 11) is -5.12. The maximum absolute atomic E-state index is 12.9.